The number of hydrogen-bond donors (Lipinski definition) is 0. The van der Waals surface area contributed by atoms with Crippen molar-refractivity contribution in [3.63, 3.8) is 0 Å². The summed E-state index contributed by atoms with van der Waals surface area (Å²) in [6.45, 7) is 10.8. The Balaban J connectivity index is 1.79. The van der Waals surface area contributed by atoms with Gasteiger partial charge in [-0.25, -0.2) is 0 Å². The van der Waals surface area contributed by atoms with E-state index in [1.54, 1.807) is 0 Å². The van der Waals surface area contributed by atoms with Crippen LogP contribution in [0.2, 0.25) is 0 Å². The molecular weight excluding hydrogens is 368 g/mol. The molecule has 1 fully saturated rings. The summed E-state index contributed by atoms with van der Waals surface area (Å²) in [6, 6.07) is 17.3. The van der Waals surface area contributed by atoms with E-state index in [1.165, 1.54) is 0 Å². The summed E-state index contributed by atoms with van der Waals surface area (Å²) >= 11 is 0. The number of hydrogen-bond acceptors (Lipinski definition) is 3. The third-order valence-corrected chi connectivity index (χ3v) is 8.22. The fourth-order valence-electron chi connectivity index (χ4n) is 3.85. The number of Topliss-reactive ketones (excluding diaryl/α,β-unsaturated/α-hetero) is 1. The number of ketones is 1. The highest BCUT2D eigenvalue weighted by Gasteiger charge is 2.48. The summed E-state index contributed by atoms with van der Waals surface area (Å²) in [5, 5.41) is 0.00203. The summed E-state index contributed by atoms with van der Waals surface area (Å²) in [4.78, 5) is 13.5. The van der Waals surface area contributed by atoms with Crippen molar-refractivity contribution >= 4 is 16.7 Å². The van der Waals surface area contributed by atoms with Gasteiger partial charge in [0.25, 0.3) is 0 Å². The van der Waals surface area contributed by atoms with Gasteiger partial charge in [0.2, 0.25) is 5.78 Å². The van der Waals surface area contributed by atoms with Gasteiger partial charge in [0, 0.05) is 21.9 Å². The van der Waals surface area contributed by atoms with Crippen molar-refractivity contribution in [2.24, 2.45) is 5.41 Å². The van der Waals surface area contributed by atoms with Crippen LogP contribution in [0.3, 0.4) is 0 Å². The Labute approximate surface area is 171 Å². The van der Waals surface area contributed by atoms with Crippen LogP contribution in [-0.2, 0) is 15.6 Å². The molecule has 2 aromatic carbocycles. The van der Waals surface area contributed by atoms with Gasteiger partial charge in [-0.3, -0.25) is 4.79 Å². The molecule has 3 nitrogen and oxygen atoms in total. The highest BCUT2D eigenvalue weighted by molar-refractivity contribution is 7.98. The van der Waals surface area contributed by atoms with Gasteiger partial charge < -0.3 is 9.47 Å². The number of para-hydroxylation sites is 1. The van der Waals surface area contributed by atoms with Crippen LogP contribution in [0.4, 0.5) is 0 Å². The van der Waals surface area contributed by atoms with E-state index in [2.05, 4.69) is 34.6 Å². The molecule has 0 saturated carbocycles. The lowest BCUT2D eigenvalue weighted by Gasteiger charge is -2.34. The van der Waals surface area contributed by atoms with Crippen molar-refractivity contribution in [3.05, 3.63) is 60.2 Å². The lowest BCUT2D eigenvalue weighted by Crippen LogP contribution is -2.51. The zero-order chi connectivity index (χ0) is 20.3. The highest BCUT2D eigenvalue weighted by atomic mass is 32.2. The van der Waals surface area contributed by atoms with Gasteiger partial charge in [-0.2, -0.15) is 0 Å². The van der Waals surface area contributed by atoms with E-state index in [-0.39, 0.29) is 39.6 Å². The average molecular weight is 400 g/mol. The van der Waals surface area contributed by atoms with E-state index in [1.807, 2.05) is 54.6 Å². The predicted octanol–water partition coefficient (Wildman–Crippen LogP) is 5.50. The van der Waals surface area contributed by atoms with Crippen LogP contribution < -0.4 is 4.74 Å². The fourth-order valence-corrected chi connectivity index (χ4v) is 7.17. The molecule has 1 aliphatic heterocycles. The Bertz CT molecular complexity index is 770. The van der Waals surface area contributed by atoms with Gasteiger partial charge in [-0.15, -0.1) is 0 Å². The molecule has 3 unspecified atom stereocenters. The minimum Gasteiger partial charge on any atom is -0.457 e. The monoisotopic (exact) mass is 399 g/mol. The van der Waals surface area contributed by atoms with Crippen LogP contribution >= 0.6 is 0 Å². The molecule has 2 aromatic rings. The topological polar surface area (TPSA) is 35.5 Å². The van der Waals surface area contributed by atoms with Gasteiger partial charge >= 0.3 is 0 Å². The molecule has 0 aliphatic carbocycles. The average Bonchev–Trinajstić information content (AvgIpc) is 2.61. The van der Waals surface area contributed by atoms with Gasteiger partial charge in [0.05, 0.1) is 12.2 Å². The molecule has 0 bridgehead atoms. The highest BCUT2D eigenvalue weighted by Crippen LogP contribution is 2.34. The second-order valence-electron chi connectivity index (χ2n) is 8.68. The van der Waals surface area contributed by atoms with Gasteiger partial charge in [0.1, 0.15) is 23.0 Å². The van der Waals surface area contributed by atoms with Crippen LogP contribution in [0.1, 0.15) is 45.0 Å². The maximum absolute atomic E-state index is 13.5. The van der Waals surface area contributed by atoms with E-state index in [4.69, 9.17) is 9.47 Å². The zero-order valence-corrected chi connectivity index (χ0v) is 18.3. The molecule has 3 atom stereocenters. The third kappa shape index (κ3) is 5.18. The molecule has 0 aromatic heterocycles. The van der Waals surface area contributed by atoms with Crippen molar-refractivity contribution < 1.29 is 14.3 Å². The summed E-state index contributed by atoms with van der Waals surface area (Å²) in [7, 11) is 0.0147. The van der Waals surface area contributed by atoms with Gasteiger partial charge in [-0.05, 0) is 50.2 Å². The number of ether oxygens (including phenoxy) is 2. The quantitative estimate of drug-likeness (QED) is 0.492. The molecular formula is C24H31O3S+. The molecule has 28 heavy (non-hydrogen) atoms. The lowest BCUT2D eigenvalue weighted by molar-refractivity contribution is 0.0273. The second kappa shape index (κ2) is 8.71. The number of rotatable bonds is 5. The fraction of sp³-hybridized carbons (Fsp3) is 0.458. The maximum atomic E-state index is 13.5. The van der Waals surface area contributed by atoms with E-state index >= 15 is 0 Å². The van der Waals surface area contributed by atoms with Crippen LogP contribution in [0.5, 0.6) is 11.5 Å². The van der Waals surface area contributed by atoms with Crippen molar-refractivity contribution in [1.82, 2.24) is 0 Å². The standard InChI is InChI=1S/C24H31O3S/c1-17-15-28(16-18(2)26-17)23(24(3,4)5)22(25)19-11-13-21(14-12-19)27-20-9-7-6-8-10-20/h6-14,17-18,23H,15-16H2,1-5H3/q+1. The Morgan fingerprint density at radius 3 is 2.04 bits per heavy atom. The second-order valence-corrected chi connectivity index (χ2v) is 10.9. The molecule has 4 heteroatoms. The normalized spacial score (nSPS) is 23.8. The molecule has 0 radical (unpaired) electrons. The predicted molar refractivity (Wildman–Crippen MR) is 118 cm³/mol. The summed E-state index contributed by atoms with van der Waals surface area (Å²) in [5.74, 6) is 3.70. The Kier molecular flexibility index (Phi) is 6.51. The van der Waals surface area contributed by atoms with E-state index in [0.717, 1.165) is 28.6 Å². The molecule has 0 amide bonds. The lowest BCUT2D eigenvalue weighted by atomic mass is 9.87. The molecule has 1 heterocycles. The number of carbonyl (C=O) groups is 1. The van der Waals surface area contributed by atoms with E-state index in [0.29, 0.717) is 0 Å². The smallest absolute Gasteiger partial charge is 0.215 e. The van der Waals surface area contributed by atoms with Crippen molar-refractivity contribution in [2.75, 3.05) is 11.5 Å². The van der Waals surface area contributed by atoms with Crippen LogP contribution in [0, 0.1) is 5.41 Å². The first kappa shape index (κ1) is 20.9. The summed E-state index contributed by atoms with van der Waals surface area (Å²) < 4.78 is 11.8. The van der Waals surface area contributed by atoms with Gasteiger partial charge in [0.15, 0.2) is 5.25 Å². The van der Waals surface area contributed by atoms with Crippen molar-refractivity contribution in [3.8, 4) is 11.5 Å². The first-order chi connectivity index (χ1) is 13.2. The molecule has 1 aliphatic rings. The zero-order valence-electron chi connectivity index (χ0n) is 17.5. The molecule has 0 spiro atoms. The SMILES string of the molecule is CC1C[S+](C(C(=O)c2ccc(Oc3ccccc3)cc2)C(C)(C)C)CC(C)O1. The Morgan fingerprint density at radius 2 is 1.50 bits per heavy atom. The summed E-state index contributed by atoms with van der Waals surface area (Å²) in [5.41, 5.74) is 0.676. The molecule has 3 rings (SSSR count). The van der Waals surface area contributed by atoms with Gasteiger partial charge in [-0.1, -0.05) is 39.0 Å². The van der Waals surface area contributed by atoms with Crippen molar-refractivity contribution in [1.29, 1.82) is 0 Å². The third-order valence-electron chi connectivity index (χ3n) is 4.84. The Hall–Kier alpha value is -1.78. The number of carbonyl (C=O) groups excluding carboxylic acids is 1. The first-order valence-corrected chi connectivity index (χ1v) is 11.6. The van der Waals surface area contributed by atoms with E-state index in [9.17, 15) is 4.79 Å². The van der Waals surface area contributed by atoms with E-state index < -0.39 is 0 Å². The van der Waals surface area contributed by atoms with Crippen molar-refractivity contribution in [2.45, 2.75) is 52.1 Å². The molecule has 1 saturated heterocycles. The maximum Gasteiger partial charge on any atom is 0.215 e. The van der Waals surface area contributed by atoms with Crippen LogP contribution in [0.15, 0.2) is 54.6 Å². The van der Waals surface area contributed by atoms with Crippen LogP contribution in [0.25, 0.3) is 0 Å². The molecule has 0 N–H and O–H groups in total. The summed E-state index contributed by atoms with van der Waals surface area (Å²) in [6.07, 6.45) is 0.428. The first-order valence-electron chi connectivity index (χ1n) is 9.93. The minimum absolute atomic E-state index is 0.00203. The largest absolute Gasteiger partial charge is 0.457 e. The Morgan fingerprint density at radius 1 is 0.964 bits per heavy atom. The van der Waals surface area contributed by atoms with Crippen LogP contribution in [-0.4, -0.2) is 34.7 Å². The minimum atomic E-state index is -0.0871. The molecule has 150 valence electrons. The number of benzene rings is 2.